The van der Waals surface area contributed by atoms with Gasteiger partial charge in [-0.05, 0) is 75.1 Å². The number of nitrogens with one attached hydrogen (secondary N) is 2. The molecule has 222 valence electrons. The van der Waals surface area contributed by atoms with Crippen molar-refractivity contribution in [2.75, 3.05) is 28.6 Å². The Balaban J connectivity index is 1.35. The van der Waals surface area contributed by atoms with Gasteiger partial charge in [0, 0.05) is 35.8 Å². The van der Waals surface area contributed by atoms with Gasteiger partial charge in [-0.2, -0.15) is 0 Å². The smallest absolute Gasteiger partial charge is 0.223 e. The molecule has 1 aliphatic heterocycles. The minimum absolute atomic E-state index is 0.0785. The van der Waals surface area contributed by atoms with Crippen molar-refractivity contribution < 1.29 is 13.6 Å². The van der Waals surface area contributed by atoms with Gasteiger partial charge < -0.3 is 27.0 Å². The molecule has 42 heavy (non-hydrogen) atoms. The van der Waals surface area contributed by atoms with Crippen LogP contribution in [0.5, 0.6) is 0 Å². The predicted molar refractivity (Wildman–Crippen MR) is 162 cm³/mol. The maximum atomic E-state index is 14.3. The number of anilines is 3. The minimum Gasteiger partial charge on any atom is -0.369 e. The van der Waals surface area contributed by atoms with Crippen LogP contribution in [0.2, 0.25) is 5.02 Å². The van der Waals surface area contributed by atoms with Gasteiger partial charge in [-0.25, -0.2) is 23.7 Å². The monoisotopic (exact) mass is 596 g/mol. The Bertz CT molecular complexity index is 1410. The second-order valence-corrected chi connectivity index (χ2v) is 11.4. The Morgan fingerprint density at radius 2 is 1.79 bits per heavy atom. The normalized spacial score (nSPS) is 21.2. The average Bonchev–Trinajstić information content (AvgIpc) is 2.97. The third-order valence-electron chi connectivity index (χ3n) is 7.95. The number of para-hydroxylation sites is 1. The van der Waals surface area contributed by atoms with Crippen LogP contribution >= 0.6 is 11.6 Å². The molecule has 2 aromatic carbocycles. The quantitative estimate of drug-likeness (QED) is 0.202. The van der Waals surface area contributed by atoms with Crippen molar-refractivity contribution in [2.24, 2.45) is 28.3 Å². The van der Waals surface area contributed by atoms with Gasteiger partial charge in [-0.3, -0.25) is 4.79 Å². The van der Waals surface area contributed by atoms with E-state index in [0.717, 1.165) is 63.7 Å². The fourth-order valence-corrected chi connectivity index (χ4v) is 5.94. The van der Waals surface area contributed by atoms with E-state index in [2.05, 4.69) is 37.6 Å². The van der Waals surface area contributed by atoms with Crippen LogP contribution in [0.3, 0.4) is 0 Å². The van der Waals surface area contributed by atoms with Gasteiger partial charge in [0.1, 0.15) is 5.69 Å². The van der Waals surface area contributed by atoms with E-state index in [-0.39, 0.29) is 34.8 Å². The first-order valence-electron chi connectivity index (χ1n) is 14.2. The zero-order chi connectivity index (χ0) is 29.6. The van der Waals surface area contributed by atoms with Gasteiger partial charge in [-0.15, -0.1) is 0 Å². The summed E-state index contributed by atoms with van der Waals surface area (Å²) in [7, 11) is 0. The summed E-state index contributed by atoms with van der Waals surface area (Å²) in [6.07, 6.45) is 7.35. The second-order valence-electron chi connectivity index (χ2n) is 11.0. The van der Waals surface area contributed by atoms with Crippen molar-refractivity contribution in [3.05, 3.63) is 71.0 Å². The molecular formula is C30H35ClF2N8O. The molecule has 1 aromatic heterocycles. The number of nitrogens with two attached hydrogens (primary N) is 2. The SMILES string of the molecule is NC(=O)C1CCC(Cc2nc(N[C@@H]3CCCN(c4ccccc4)C3)ncc2NC(N)=Nc2c(F)cc(Cl)cc2F)CC1. The predicted octanol–water partition coefficient (Wildman–Crippen LogP) is 5.38. The maximum absolute atomic E-state index is 14.3. The summed E-state index contributed by atoms with van der Waals surface area (Å²) < 4.78 is 28.6. The molecule has 12 heteroatoms. The molecule has 1 aliphatic carbocycles. The summed E-state index contributed by atoms with van der Waals surface area (Å²) in [5.74, 6) is -1.67. The van der Waals surface area contributed by atoms with E-state index >= 15 is 0 Å². The van der Waals surface area contributed by atoms with E-state index in [0.29, 0.717) is 23.8 Å². The third kappa shape index (κ3) is 7.44. The molecule has 0 radical (unpaired) electrons. The Morgan fingerprint density at radius 1 is 1.07 bits per heavy atom. The van der Waals surface area contributed by atoms with Crippen molar-refractivity contribution in [3.8, 4) is 0 Å². The minimum atomic E-state index is -0.927. The van der Waals surface area contributed by atoms with E-state index in [4.69, 9.17) is 28.1 Å². The molecule has 1 saturated carbocycles. The number of benzene rings is 2. The topological polar surface area (TPSA) is 135 Å². The molecule has 1 amide bonds. The highest BCUT2D eigenvalue weighted by molar-refractivity contribution is 6.30. The van der Waals surface area contributed by atoms with Crippen LogP contribution in [-0.4, -0.2) is 41.0 Å². The first-order valence-corrected chi connectivity index (χ1v) is 14.6. The van der Waals surface area contributed by atoms with Crippen molar-refractivity contribution in [1.29, 1.82) is 0 Å². The molecule has 0 unspecified atom stereocenters. The van der Waals surface area contributed by atoms with Crippen molar-refractivity contribution in [3.63, 3.8) is 0 Å². The van der Waals surface area contributed by atoms with Crippen LogP contribution in [0, 0.1) is 23.5 Å². The number of nitrogens with zero attached hydrogens (tertiary/aromatic N) is 4. The van der Waals surface area contributed by atoms with Gasteiger partial charge >= 0.3 is 0 Å². The highest BCUT2D eigenvalue weighted by Gasteiger charge is 2.27. The second kappa shape index (κ2) is 13.3. The number of guanidine groups is 1. The van der Waals surface area contributed by atoms with Crippen LogP contribution in [0.25, 0.3) is 0 Å². The largest absolute Gasteiger partial charge is 0.369 e. The van der Waals surface area contributed by atoms with E-state index in [1.54, 1.807) is 6.20 Å². The molecule has 2 heterocycles. The number of hydrogen-bond donors (Lipinski definition) is 4. The van der Waals surface area contributed by atoms with Gasteiger partial charge in [0.2, 0.25) is 11.9 Å². The van der Waals surface area contributed by atoms with Gasteiger partial charge in [-0.1, -0.05) is 29.8 Å². The molecular weight excluding hydrogens is 562 g/mol. The van der Waals surface area contributed by atoms with Crippen LogP contribution in [0.15, 0.2) is 53.7 Å². The number of aliphatic imine (C=N–C) groups is 1. The lowest BCUT2D eigenvalue weighted by atomic mass is 9.79. The van der Waals surface area contributed by atoms with Crippen molar-refractivity contribution in [1.82, 2.24) is 9.97 Å². The highest BCUT2D eigenvalue weighted by Crippen LogP contribution is 2.33. The lowest BCUT2D eigenvalue weighted by molar-refractivity contribution is -0.122. The summed E-state index contributed by atoms with van der Waals surface area (Å²) in [6, 6.07) is 12.4. The van der Waals surface area contributed by atoms with Gasteiger partial charge in [0.05, 0.1) is 17.6 Å². The molecule has 9 nitrogen and oxygen atoms in total. The first kappa shape index (κ1) is 29.5. The van der Waals surface area contributed by atoms with Gasteiger partial charge in [0.15, 0.2) is 17.6 Å². The molecule has 2 fully saturated rings. The van der Waals surface area contributed by atoms with Gasteiger partial charge in [0.25, 0.3) is 0 Å². The van der Waals surface area contributed by atoms with Crippen molar-refractivity contribution >= 4 is 46.5 Å². The summed E-state index contributed by atoms with van der Waals surface area (Å²) >= 11 is 5.73. The number of hydrogen-bond acceptors (Lipinski definition) is 6. The zero-order valence-electron chi connectivity index (χ0n) is 23.2. The molecule has 0 bridgehead atoms. The number of rotatable bonds is 8. The first-order chi connectivity index (χ1) is 20.2. The summed E-state index contributed by atoms with van der Waals surface area (Å²) in [4.78, 5) is 27.3. The summed E-state index contributed by atoms with van der Waals surface area (Å²) in [5.41, 5.74) is 13.4. The lowest BCUT2D eigenvalue weighted by Crippen LogP contribution is -2.42. The Hall–Kier alpha value is -3.99. The number of amides is 1. The Kier molecular flexibility index (Phi) is 9.36. The van der Waals surface area contributed by atoms with E-state index < -0.39 is 17.3 Å². The number of halogens is 3. The maximum Gasteiger partial charge on any atom is 0.223 e. The fraction of sp³-hybridized carbons (Fsp3) is 0.400. The number of aromatic nitrogens is 2. The van der Waals surface area contributed by atoms with Crippen LogP contribution in [0.4, 0.5) is 31.8 Å². The van der Waals surface area contributed by atoms with Crippen LogP contribution in [-0.2, 0) is 11.2 Å². The number of piperidine rings is 1. The van der Waals surface area contributed by atoms with Crippen LogP contribution in [0.1, 0.15) is 44.2 Å². The fourth-order valence-electron chi connectivity index (χ4n) is 5.75. The zero-order valence-corrected chi connectivity index (χ0v) is 24.0. The number of carbonyl (C=O) groups is 1. The molecule has 0 spiro atoms. The summed E-state index contributed by atoms with van der Waals surface area (Å²) in [5, 5.41) is 6.35. The molecule has 1 atom stereocenters. The molecule has 3 aromatic rings. The average molecular weight is 597 g/mol. The Morgan fingerprint density at radius 3 is 2.48 bits per heavy atom. The summed E-state index contributed by atoms with van der Waals surface area (Å²) in [6.45, 7) is 1.80. The highest BCUT2D eigenvalue weighted by atomic mass is 35.5. The lowest BCUT2D eigenvalue weighted by Gasteiger charge is -2.35. The molecule has 2 aliphatic rings. The standard InChI is InChI=1S/C30H35ClF2N8O/c31-20-14-23(32)27(24(33)15-20)40-29(35)38-26-16-36-30(39-25(26)13-18-8-10-19(11-9-18)28(34)42)37-21-5-4-12-41(17-21)22-6-2-1-3-7-22/h1-3,6-7,14-16,18-19,21H,4-5,8-13,17H2,(H2,34,42)(H3,35,38,40)(H,36,37,39)/t18?,19?,21-/m1/s1. The number of carbonyl (C=O) groups excluding carboxylic acids is 1. The van der Waals surface area contributed by atoms with Crippen LogP contribution < -0.4 is 27.0 Å². The van der Waals surface area contributed by atoms with E-state index in [1.165, 1.54) is 5.69 Å². The van der Waals surface area contributed by atoms with E-state index in [9.17, 15) is 13.6 Å². The third-order valence-corrected chi connectivity index (χ3v) is 8.17. The van der Waals surface area contributed by atoms with E-state index in [1.807, 2.05) is 18.2 Å². The molecule has 6 N–H and O–H groups in total. The number of primary amides is 1. The molecule has 5 rings (SSSR count). The molecule has 1 saturated heterocycles. The van der Waals surface area contributed by atoms with Crippen molar-refractivity contribution in [2.45, 2.75) is 51.0 Å². The Labute approximate surface area is 248 Å².